The minimum absolute atomic E-state index is 0.108. The number of sulfone groups is 1. The molecule has 2 rings (SSSR count). The lowest BCUT2D eigenvalue weighted by Gasteiger charge is -2.37. The molecular weight excluding hydrogens is 310 g/mol. The van der Waals surface area contributed by atoms with E-state index in [0.717, 1.165) is 19.4 Å². The summed E-state index contributed by atoms with van der Waals surface area (Å²) in [5, 5.41) is 9.50. The molecule has 1 aromatic rings. The monoisotopic (exact) mass is 331 g/mol. The summed E-state index contributed by atoms with van der Waals surface area (Å²) in [6.45, 7) is 1.43. The number of nitrogens with zero attached hydrogens (tertiary/aromatic N) is 1. The lowest BCUT2D eigenvalue weighted by molar-refractivity contribution is 0.124. The number of aliphatic hydroxyl groups excluding tert-OH is 1. The van der Waals surface area contributed by atoms with Crippen LogP contribution in [0.2, 0.25) is 5.02 Å². The van der Waals surface area contributed by atoms with Crippen LogP contribution in [-0.4, -0.2) is 49.9 Å². The fourth-order valence-corrected chi connectivity index (χ4v) is 3.89. The topological polar surface area (TPSA) is 57.6 Å². The molecule has 6 heteroatoms. The van der Waals surface area contributed by atoms with Gasteiger partial charge in [-0.25, -0.2) is 8.42 Å². The molecule has 0 aromatic heterocycles. The third-order valence-electron chi connectivity index (χ3n) is 4.01. The largest absolute Gasteiger partial charge is 0.396 e. The molecule has 0 amide bonds. The molecule has 118 valence electrons. The van der Waals surface area contributed by atoms with Gasteiger partial charge in [0.2, 0.25) is 0 Å². The quantitative estimate of drug-likeness (QED) is 0.794. The Labute approximate surface area is 131 Å². The lowest BCUT2D eigenvalue weighted by Crippen LogP contribution is -2.43. The maximum absolute atomic E-state index is 12.3. The predicted octanol–water partition coefficient (Wildman–Crippen LogP) is 2.35. The molecule has 0 atom stereocenters. The number of halogens is 1. The average molecular weight is 332 g/mol. The van der Waals surface area contributed by atoms with Crippen LogP contribution in [-0.2, 0) is 9.84 Å². The van der Waals surface area contributed by atoms with Crippen molar-refractivity contribution in [2.75, 3.05) is 25.4 Å². The molecule has 1 aliphatic rings. The third kappa shape index (κ3) is 4.68. The number of aliphatic hydroxyl groups is 1. The standard InChI is InChI=1S/C15H22ClNO3S/c16-13-5-7-15(8-6-13)21(19,20)12-10-17(9-2-11-18)14-3-1-4-14/h5-8,14,18H,1-4,9-12H2. The van der Waals surface area contributed by atoms with Crippen molar-refractivity contribution in [2.45, 2.75) is 36.6 Å². The zero-order valence-electron chi connectivity index (χ0n) is 12.0. The van der Waals surface area contributed by atoms with E-state index in [9.17, 15) is 8.42 Å². The predicted molar refractivity (Wildman–Crippen MR) is 84.4 cm³/mol. The van der Waals surface area contributed by atoms with Crippen molar-refractivity contribution in [1.82, 2.24) is 4.90 Å². The highest BCUT2D eigenvalue weighted by molar-refractivity contribution is 7.91. The first-order valence-corrected chi connectivity index (χ1v) is 9.39. The first kappa shape index (κ1) is 16.7. The Morgan fingerprint density at radius 1 is 1.19 bits per heavy atom. The molecule has 4 nitrogen and oxygen atoms in total. The van der Waals surface area contributed by atoms with Crippen LogP contribution in [0.1, 0.15) is 25.7 Å². The molecule has 1 N–H and O–H groups in total. The zero-order valence-corrected chi connectivity index (χ0v) is 13.6. The van der Waals surface area contributed by atoms with E-state index in [1.165, 1.54) is 6.42 Å². The highest BCUT2D eigenvalue weighted by Crippen LogP contribution is 2.25. The lowest BCUT2D eigenvalue weighted by atomic mass is 9.91. The van der Waals surface area contributed by atoms with Crippen molar-refractivity contribution >= 4 is 21.4 Å². The van der Waals surface area contributed by atoms with Crippen LogP contribution in [0.25, 0.3) is 0 Å². The summed E-state index contributed by atoms with van der Waals surface area (Å²) in [5.41, 5.74) is 0. The SMILES string of the molecule is O=S(=O)(CCN(CCCO)C1CCC1)c1ccc(Cl)cc1. The Balaban J connectivity index is 1.96. The van der Waals surface area contributed by atoms with Gasteiger partial charge < -0.3 is 5.11 Å². The van der Waals surface area contributed by atoms with Crippen molar-refractivity contribution in [3.63, 3.8) is 0 Å². The van der Waals surface area contributed by atoms with E-state index in [1.54, 1.807) is 24.3 Å². The molecule has 0 saturated heterocycles. The molecule has 1 saturated carbocycles. The number of hydrogen-bond donors (Lipinski definition) is 1. The summed E-state index contributed by atoms with van der Waals surface area (Å²) in [4.78, 5) is 2.52. The minimum Gasteiger partial charge on any atom is -0.396 e. The van der Waals surface area contributed by atoms with Crippen LogP contribution >= 0.6 is 11.6 Å². The first-order chi connectivity index (χ1) is 10.0. The van der Waals surface area contributed by atoms with E-state index >= 15 is 0 Å². The van der Waals surface area contributed by atoms with E-state index in [-0.39, 0.29) is 12.4 Å². The summed E-state index contributed by atoms with van der Waals surface area (Å²) in [7, 11) is -3.28. The molecule has 0 aliphatic heterocycles. The van der Waals surface area contributed by atoms with Gasteiger partial charge in [-0.3, -0.25) is 4.90 Å². The van der Waals surface area contributed by atoms with Gasteiger partial charge in [-0.05, 0) is 43.5 Å². The maximum atomic E-state index is 12.3. The van der Waals surface area contributed by atoms with Crippen LogP contribution in [0, 0.1) is 0 Å². The molecule has 0 bridgehead atoms. The van der Waals surface area contributed by atoms with Crippen LogP contribution in [0.3, 0.4) is 0 Å². The zero-order chi connectivity index (χ0) is 15.3. The second kappa shape index (κ2) is 7.58. The van der Waals surface area contributed by atoms with Crippen LogP contribution < -0.4 is 0 Å². The number of rotatable bonds is 8. The Bertz CT molecular complexity index is 541. The summed E-state index contributed by atoms with van der Waals surface area (Å²) in [6.07, 6.45) is 4.17. The van der Waals surface area contributed by atoms with Crippen LogP contribution in [0.4, 0.5) is 0 Å². The van der Waals surface area contributed by atoms with Gasteiger partial charge in [-0.15, -0.1) is 0 Å². The molecule has 21 heavy (non-hydrogen) atoms. The smallest absolute Gasteiger partial charge is 0.179 e. The number of hydrogen-bond acceptors (Lipinski definition) is 4. The van der Waals surface area contributed by atoms with E-state index in [0.29, 0.717) is 28.9 Å². The highest BCUT2D eigenvalue weighted by atomic mass is 35.5. The number of benzene rings is 1. The molecule has 0 spiro atoms. The summed E-state index contributed by atoms with van der Waals surface area (Å²) in [6, 6.07) is 6.79. The van der Waals surface area contributed by atoms with Gasteiger partial charge in [0.05, 0.1) is 10.6 Å². The summed E-state index contributed by atoms with van der Waals surface area (Å²) >= 11 is 5.79. The summed E-state index contributed by atoms with van der Waals surface area (Å²) < 4.78 is 24.7. The van der Waals surface area contributed by atoms with E-state index in [1.807, 2.05) is 0 Å². The molecule has 1 fully saturated rings. The second-order valence-corrected chi connectivity index (χ2v) is 8.02. The van der Waals surface area contributed by atoms with Crippen molar-refractivity contribution < 1.29 is 13.5 Å². The van der Waals surface area contributed by atoms with E-state index < -0.39 is 9.84 Å². The van der Waals surface area contributed by atoms with Gasteiger partial charge in [0, 0.05) is 30.8 Å². The Morgan fingerprint density at radius 3 is 2.38 bits per heavy atom. The van der Waals surface area contributed by atoms with Gasteiger partial charge in [0.25, 0.3) is 0 Å². The van der Waals surface area contributed by atoms with Crippen molar-refractivity contribution in [2.24, 2.45) is 0 Å². The van der Waals surface area contributed by atoms with Gasteiger partial charge in [-0.2, -0.15) is 0 Å². The van der Waals surface area contributed by atoms with Gasteiger partial charge in [0.1, 0.15) is 0 Å². The molecule has 1 aromatic carbocycles. The first-order valence-electron chi connectivity index (χ1n) is 7.36. The van der Waals surface area contributed by atoms with Crippen molar-refractivity contribution in [3.05, 3.63) is 29.3 Å². The second-order valence-electron chi connectivity index (χ2n) is 5.47. The van der Waals surface area contributed by atoms with Crippen molar-refractivity contribution in [3.8, 4) is 0 Å². The molecule has 1 aliphatic carbocycles. The van der Waals surface area contributed by atoms with E-state index in [2.05, 4.69) is 4.90 Å². The van der Waals surface area contributed by atoms with Crippen LogP contribution in [0.15, 0.2) is 29.2 Å². The maximum Gasteiger partial charge on any atom is 0.179 e. The molecule has 0 heterocycles. The van der Waals surface area contributed by atoms with Crippen LogP contribution in [0.5, 0.6) is 0 Å². The normalized spacial score (nSPS) is 16.1. The van der Waals surface area contributed by atoms with Gasteiger partial charge >= 0.3 is 0 Å². The van der Waals surface area contributed by atoms with Gasteiger partial charge in [0.15, 0.2) is 9.84 Å². The molecule has 0 radical (unpaired) electrons. The highest BCUT2D eigenvalue weighted by Gasteiger charge is 2.26. The Kier molecular flexibility index (Phi) is 6.05. The fourth-order valence-electron chi connectivity index (χ4n) is 2.50. The Morgan fingerprint density at radius 2 is 1.86 bits per heavy atom. The van der Waals surface area contributed by atoms with Gasteiger partial charge in [-0.1, -0.05) is 18.0 Å². The third-order valence-corrected chi connectivity index (χ3v) is 5.98. The average Bonchev–Trinajstić information content (AvgIpc) is 2.40. The molecule has 0 unspecified atom stereocenters. The fraction of sp³-hybridized carbons (Fsp3) is 0.600. The van der Waals surface area contributed by atoms with Crippen molar-refractivity contribution in [1.29, 1.82) is 0 Å². The Hall–Kier alpha value is -0.620. The van der Waals surface area contributed by atoms with E-state index in [4.69, 9.17) is 16.7 Å². The summed E-state index contributed by atoms with van der Waals surface area (Å²) in [5.74, 6) is 0.108. The minimum atomic E-state index is -3.28. The molecular formula is C15H22ClNO3S.